The van der Waals surface area contributed by atoms with Crippen LogP contribution >= 0.6 is 0 Å². The number of hydrogen-bond donors (Lipinski definition) is 2. The molecule has 138 valence electrons. The molecule has 0 aromatic heterocycles. The zero-order chi connectivity index (χ0) is 19.1. The smallest absolute Gasteiger partial charge is 0.228 e. The van der Waals surface area contributed by atoms with Gasteiger partial charge in [0.2, 0.25) is 5.91 Å². The van der Waals surface area contributed by atoms with Crippen LogP contribution < -0.4 is 15.4 Å². The van der Waals surface area contributed by atoms with Crippen molar-refractivity contribution in [2.75, 3.05) is 17.7 Å². The van der Waals surface area contributed by atoms with Gasteiger partial charge in [-0.2, -0.15) is 0 Å². The van der Waals surface area contributed by atoms with Crippen LogP contribution in [0.1, 0.15) is 16.7 Å². The number of anilines is 2. The number of rotatable bonds is 7. The SMILES string of the molecule is COc1ccccc1CNc1ccc(NC(=O)Cc2ccc(C)cc2)cc1. The maximum absolute atomic E-state index is 12.2. The van der Waals surface area contributed by atoms with E-state index in [1.165, 1.54) is 5.56 Å². The van der Waals surface area contributed by atoms with Crippen LogP contribution in [0.4, 0.5) is 11.4 Å². The van der Waals surface area contributed by atoms with Gasteiger partial charge in [0, 0.05) is 23.5 Å². The highest BCUT2D eigenvalue weighted by Gasteiger charge is 2.05. The molecule has 3 aromatic rings. The molecule has 0 aliphatic rings. The zero-order valence-electron chi connectivity index (χ0n) is 15.7. The monoisotopic (exact) mass is 360 g/mol. The van der Waals surface area contributed by atoms with E-state index in [1.54, 1.807) is 7.11 Å². The average Bonchev–Trinajstić information content (AvgIpc) is 2.69. The van der Waals surface area contributed by atoms with E-state index < -0.39 is 0 Å². The Kier molecular flexibility index (Phi) is 6.10. The Hall–Kier alpha value is -3.27. The third-order valence-electron chi connectivity index (χ3n) is 4.33. The second-order valence-electron chi connectivity index (χ2n) is 6.45. The first-order valence-electron chi connectivity index (χ1n) is 8.95. The summed E-state index contributed by atoms with van der Waals surface area (Å²) in [6.45, 7) is 2.70. The standard InChI is InChI=1S/C23H24N2O2/c1-17-7-9-18(10-8-17)15-23(26)25-21-13-11-20(12-14-21)24-16-19-5-3-4-6-22(19)27-2/h3-14,24H,15-16H2,1-2H3,(H,25,26). The predicted octanol–water partition coefficient (Wildman–Crippen LogP) is 4.80. The van der Waals surface area contributed by atoms with Crippen molar-refractivity contribution in [3.63, 3.8) is 0 Å². The molecule has 4 nitrogen and oxygen atoms in total. The van der Waals surface area contributed by atoms with Crippen molar-refractivity contribution in [3.8, 4) is 5.75 Å². The van der Waals surface area contributed by atoms with Crippen molar-refractivity contribution >= 4 is 17.3 Å². The third-order valence-corrected chi connectivity index (χ3v) is 4.33. The molecule has 0 aliphatic heterocycles. The highest BCUT2D eigenvalue weighted by atomic mass is 16.5. The van der Waals surface area contributed by atoms with E-state index in [1.807, 2.05) is 79.7 Å². The molecule has 2 N–H and O–H groups in total. The van der Waals surface area contributed by atoms with Gasteiger partial charge in [-0.05, 0) is 42.8 Å². The first kappa shape index (κ1) is 18.5. The summed E-state index contributed by atoms with van der Waals surface area (Å²) >= 11 is 0. The van der Waals surface area contributed by atoms with E-state index in [0.717, 1.165) is 28.3 Å². The molecular formula is C23H24N2O2. The molecule has 0 fully saturated rings. The lowest BCUT2D eigenvalue weighted by Crippen LogP contribution is -2.14. The van der Waals surface area contributed by atoms with Gasteiger partial charge in [-0.25, -0.2) is 0 Å². The average molecular weight is 360 g/mol. The summed E-state index contributed by atoms with van der Waals surface area (Å²) in [5.41, 5.74) is 5.06. The molecule has 3 aromatic carbocycles. The van der Waals surface area contributed by atoms with Crippen molar-refractivity contribution in [1.82, 2.24) is 0 Å². The lowest BCUT2D eigenvalue weighted by molar-refractivity contribution is -0.115. The van der Waals surface area contributed by atoms with E-state index in [-0.39, 0.29) is 5.91 Å². The number of para-hydroxylation sites is 1. The van der Waals surface area contributed by atoms with E-state index >= 15 is 0 Å². The summed E-state index contributed by atoms with van der Waals surface area (Å²) in [5.74, 6) is 0.846. The Labute approximate surface area is 160 Å². The Bertz CT molecular complexity index is 887. The second-order valence-corrected chi connectivity index (χ2v) is 6.45. The summed E-state index contributed by atoms with van der Waals surface area (Å²) in [6.07, 6.45) is 0.369. The van der Waals surface area contributed by atoms with E-state index in [4.69, 9.17) is 4.74 Å². The molecule has 1 amide bonds. The lowest BCUT2D eigenvalue weighted by atomic mass is 10.1. The highest BCUT2D eigenvalue weighted by Crippen LogP contribution is 2.20. The molecule has 0 saturated carbocycles. The zero-order valence-corrected chi connectivity index (χ0v) is 15.7. The largest absolute Gasteiger partial charge is 0.496 e. The van der Waals surface area contributed by atoms with E-state index in [0.29, 0.717) is 13.0 Å². The normalized spacial score (nSPS) is 10.3. The fourth-order valence-electron chi connectivity index (χ4n) is 2.81. The van der Waals surface area contributed by atoms with Crippen molar-refractivity contribution in [1.29, 1.82) is 0 Å². The molecule has 27 heavy (non-hydrogen) atoms. The molecule has 0 heterocycles. The third kappa shape index (κ3) is 5.35. The molecule has 0 saturated heterocycles. The first-order chi connectivity index (χ1) is 13.1. The van der Waals surface area contributed by atoms with Gasteiger partial charge in [0.15, 0.2) is 0 Å². The number of methoxy groups -OCH3 is 1. The molecule has 0 bridgehead atoms. The van der Waals surface area contributed by atoms with Gasteiger partial charge < -0.3 is 15.4 Å². The van der Waals surface area contributed by atoms with Crippen LogP contribution in [0.5, 0.6) is 5.75 Å². The van der Waals surface area contributed by atoms with Gasteiger partial charge in [0.05, 0.1) is 13.5 Å². The fraction of sp³-hybridized carbons (Fsp3) is 0.174. The molecule has 0 aliphatic carbocycles. The van der Waals surface area contributed by atoms with Gasteiger partial charge in [-0.1, -0.05) is 48.0 Å². The van der Waals surface area contributed by atoms with Crippen LogP contribution in [0.2, 0.25) is 0 Å². The van der Waals surface area contributed by atoms with Gasteiger partial charge in [-0.15, -0.1) is 0 Å². The van der Waals surface area contributed by atoms with E-state index in [2.05, 4.69) is 10.6 Å². The molecule has 0 unspecified atom stereocenters. The molecular weight excluding hydrogens is 336 g/mol. The quantitative estimate of drug-likeness (QED) is 0.636. The Morgan fingerprint density at radius 1 is 0.889 bits per heavy atom. The van der Waals surface area contributed by atoms with Gasteiger partial charge in [0.25, 0.3) is 0 Å². The predicted molar refractivity (Wildman–Crippen MR) is 110 cm³/mol. The maximum Gasteiger partial charge on any atom is 0.228 e. The summed E-state index contributed by atoms with van der Waals surface area (Å²) in [7, 11) is 1.67. The van der Waals surface area contributed by atoms with Crippen LogP contribution in [0.25, 0.3) is 0 Å². The summed E-state index contributed by atoms with van der Waals surface area (Å²) in [4.78, 5) is 12.2. The van der Waals surface area contributed by atoms with Gasteiger partial charge in [-0.3, -0.25) is 4.79 Å². The Morgan fingerprint density at radius 2 is 1.56 bits per heavy atom. The second kappa shape index (κ2) is 8.90. The number of ether oxygens (including phenoxy) is 1. The maximum atomic E-state index is 12.2. The molecule has 0 atom stereocenters. The first-order valence-corrected chi connectivity index (χ1v) is 8.95. The number of nitrogens with one attached hydrogen (secondary N) is 2. The summed E-state index contributed by atoms with van der Waals surface area (Å²) < 4.78 is 5.36. The molecule has 3 rings (SSSR count). The van der Waals surface area contributed by atoms with Crippen molar-refractivity contribution < 1.29 is 9.53 Å². The van der Waals surface area contributed by atoms with E-state index in [9.17, 15) is 4.79 Å². The fourth-order valence-corrected chi connectivity index (χ4v) is 2.81. The molecule has 0 radical (unpaired) electrons. The minimum absolute atomic E-state index is 0.0198. The van der Waals surface area contributed by atoms with Crippen LogP contribution in [0, 0.1) is 6.92 Å². The summed E-state index contributed by atoms with van der Waals surface area (Å²) in [5, 5.41) is 6.31. The minimum Gasteiger partial charge on any atom is -0.496 e. The molecule has 0 spiro atoms. The number of carbonyl (C=O) groups is 1. The van der Waals surface area contributed by atoms with Crippen LogP contribution in [0.15, 0.2) is 72.8 Å². The number of carbonyl (C=O) groups excluding carboxylic acids is 1. The van der Waals surface area contributed by atoms with Crippen molar-refractivity contribution in [2.24, 2.45) is 0 Å². The Balaban J connectivity index is 1.53. The number of aryl methyl sites for hydroxylation is 1. The van der Waals surface area contributed by atoms with Gasteiger partial charge >= 0.3 is 0 Å². The van der Waals surface area contributed by atoms with Gasteiger partial charge in [0.1, 0.15) is 5.75 Å². The molecule has 4 heteroatoms. The number of benzene rings is 3. The van der Waals surface area contributed by atoms with Crippen molar-refractivity contribution in [3.05, 3.63) is 89.5 Å². The Morgan fingerprint density at radius 3 is 2.26 bits per heavy atom. The summed E-state index contributed by atoms with van der Waals surface area (Å²) in [6, 6.07) is 23.6. The van der Waals surface area contributed by atoms with Crippen LogP contribution in [-0.4, -0.2) is 13.0 Å². The number of amides is 1. The minimum atomic E-state index is -0.0198. The van der Waals surface area contributed by atoms with Crippen molar-refractivity contribution in [2.45, 2.75) is 19.9 Å². The number of hydrogen-bond acceptors (Lipinski definition) is 3. The topological polar surface area (TPSA) is 50.4 Å². The highest BCUT2D eigenvalue weighted by molar-refractivity contribution is 5.92. The van der Waals surface area contributed by atoms with Crippen LogP contribution in [0.3, 0.4) is 0 Å². The van der Waals surface area contributed by atoms with Crippen LogP contribution in [-0.2, 0) is 17.8 Å². The lowest BCUT2D eigenvalue weighted by Gasteiger charge is -2.11.